The summed E-state index contributed by atoms with van der Waals surface area (Å²) < 4.78 is 2.42. The van der Waals surface area contributed by atoms with E-state index in [1.807, 2.05) is 0 Å². The zero-order valence-electron chi connectivity index (χ0n) is 16.1. The molecule has 0 N–H and O–H groups in total. The van der Waals surface area contributed by atoms with Crippen molar-refractivity contribution in [1.29, 1.82) is 0 Å². The first-order valence-corrected chi connectivity index (χ1v) is 9.30. The standard InChI is InChI=1S/C25H23N/c1-14-16(3)22-23-20-12-8-6-10-18(20)15(2)17(4)24(23)26(5)25(22)21-13-9-7-11-19(14)21/h6-13H,1-5H3. The van der Waals surface area contributed by atoms with Crippen LogP contribution in [0.4, 0.5) is 0 Å². The van der Waals surface area contributed by atoms with E-state index in [4.69, 9.17) is 0 Å². The SMILES string of the molecule is Cc1c(C)c2c(c3ccccc13)c1c(C)c(C)c3ccccc3c1n2C. The van der Waals surface area contributed by atoms with Crippen LogP contribution in [0.3, 0.4) is 0 Å². The van der Waals surface area contributed by atoms with Gasteiger partial charge in [-0.1, -0.05) is 48.5 Å². The van der Waals surface area contributed by atoms with Crippen molar-refractivity contribution >= 4 is 43.4 Å². The zero-order valence-corrected chi connectivity index (χ0v) is 16.1. The molecular weight excluding hydrogens is 314 g/mol. The number of aromatic nitrogens is 1. The summed E-state index contributed by atoms with van der Waals surface area (Å²) >= 11 is 0. The molecule has 1 aromatic heterocycles. The van der Waals surface area contributed by atoms with Crippen molar-refractivity contribution in [2.45, 2.75) is 27.7 Å². The van der Waals surface area contributed by atoms with Gasteiger partial charge in [-0.3, -0.25) is 0 Å². The average Bonchev–Trinajstić information content (AvgIpc) is 2.98. The van der Waals surface area contributed by atoms with Crippen molar-refractivity contribution in [3.8, 4) is 0 Å². The molecule has 128 valence electrons. The van der Waals surface area contributed by atoms with Crippen molar-refractivity contribution < 1.29 is 0 Å². The molecule has 1 heteroatoms. The van der Waals surface area contributed by atoms with E-state index in [1.54, 1.807) is 0 Å². The van der Waals surface area contributed by atoms with Gasteiger partial charge in [-0.05, 0) is 66.1 Å². The summed E-state index contributed by atoms with van der Waals surface area (Å²) in [6.45, 7) is 9.07. The molecule has 0 atom stereocenters. The van der Waals surface area contributed by atoms with Crippen LogP contribution in [0.15, 0.2) is 48.5 Å². The third-order valence-electron chi connectivity index (χ3n) is 6.44. The van der Waals surface area contributed by atoms with E-state index in [0.717, 1.165) is 0 Å². The Hall–Kier alpha value is -2.80. The van der Waals surface area contributed by atoms with Crippen molar-refractivity contribution in [1.82, 2.24) is 4.57 Å². The highest BCUT2D eigenvalue weighted by molar-refractivity contribution is 6.28. The Labute approximate surface area is 153 Å². The molecule has 0 amide bonds. The average molecular weight is 337 g/mol. The fourth-order valence-electron chi connectivity index (χ4n) is 4.88. The van der Waals surface area contributed by atoms with Crippen LogP contribution in [0, 0.1) is 27.7 Å². The molecule has 5 rings (SSSR count). The highest BCUT2D eigenvalue weighted by Crippen LogP contribution is 2.43. The maximum atomic E-state index is 2.42. The van der Waals surface area contributed by atoms with Crippen LogP contribution < -0.4 is 0 Å². The summed E-state index contributed by atoms with van der Waals surface area (Å²) in [4.78, 5) is 0. The zero-order chi connectivity index (χ0) is 18.2. The molecule has 0 fully saturated rings. The summed E-state index contributed by atoms with van der Waals surface area (Å²) in [5.74, 6) is 0. The minimum atomic E-state index is 1.35. The second kappa shape index (κ2) is 5.11. The smallest absolute Gasteiger partial charge is 0.0571 e. The number of rotatable bonds is 0. The summed E-state index contributed by atoms with van der Waals surface area (Å²) in [6, 6.07) is 17.7. The van der Waals surface area contributed by atoms with E-state index in [2.05, 4.69) is 87.8 Å². The predicted octanol–water partition coefficient (Wildman–Crippen LogP) is 6.87. The van der Waals surface area contributed by atoms with Crippen LogP contribution in [-0.2, 0) is 7.05 Å². The molecule has 1 nitrogen and oxygen atoms in total. The highest BCUT2D eigenvalue weighted by Gasteiger charge is 2.20. The van der Waals surface area contributed by atoms with Crippen molar-refractivity contribution in [3.63, 3.8) is 0 Å². The van der Waals surface area contributed by atoms with E-state index in [1.165, 1.54) is 65.6 Å². The van der Waals surface area contributed by atoms with Gasteiger partial charge in [0.1, 0.15) is 0 Å². The lowest BCUT2D eigenvalue weighted by molar-refractivity contribution is 1.01. The Kier molecular flexibility index (Phi) is 3.04. The Morgan fingerprint density at radius 2 is 1.00 bits per heavy atom. The molecule has 0 aliphatic carbocycles. The second-order valence-electron chi connectivity index (χ2n) is 7.60. The summed E-state index contributed by atoms with van der Waals surface area (Å²) in [5, 5.41) is 8.28. The van der Waals surface area contributed by atoms with Crippen LogP contribution in [0.2, 0.25) is 0 Å². The predicted molar refractivity (Wildman–Crippen MR) is 114 cm³/mol. The number of fused-ring (bicyclic) bond motifs is 7. The molecule has 0 radical (unpaired) electrons. The van der Waals surface area contributed by atoms with Crippen molar-refractivity contribution in [2.75, 3.05) is 0 Å². The highest BCUT2D eigenvalue weighted by atomic mass is 14.9. The molecule has 0 spiro atoms. The largest absolute Gasteiger partial charge is 0.343 e. The van der Waals surface area contributed by atoms with Gasteiger partial charge in [-0.15, -0.1) is 0 Å². The van der Waals surface area contributed by atoms with Crippen LogP contribution in [-0.4, -0.2) is 4.57 Å². The molecule has 0 unspecified atom stereocenters. The fraction of sp³-hybridized carbons (Fsp3) is 0.200. The van der Waals surface area contributed by atoms with Gasteiger partial charge in [-0.2, -0.15) is 0 Å². The Balaban J connectivity index is 2.26. The summed E-state index contributed by atoms with van der Waals surface area (Å²) in [5.41, 5.74) is 8.30. The topological polar surface area (TPSA) is 4.93 Å². The van der Waals surface area contributed by atoms with Crippen LogP contribution >= 0.6 is 0 Å². The first-order valence-electron chi connectivity index (χ1n) is 9.30. The molecule has 4 aromatic carbocycles. The van der Waals surface area contributed by atoms with Crippen molar-refractivity contribution in [2.24, 2.45) is 7.05 Å². The Bertz CT molecular complexity index is 1370. The molecule has 0 bridgehead atoms. The quantitative estimate of drug-likeness (QED) is 0.290. The monoisotopic (exact) mass is 337 g/mol. The minimum Gasteiger partial charge on any atom is -0.343 e. The molecule has 1 heterocycles. The van der Waals surface area contributed by atoms with E-state index in [0.29, 0.717) is 0 Å². The van der Waals surface area contributed by atoms with Gasteiger partial charge in [0.15, 0.2) is 0 Å². The first-order chi connectivity index (χ1) is 12.5. The molecule has 0 aliphatic heterocycles. The first kappa shape index (κ1) is 15.5. The van der Waals surface area contributed by atoms with Crippen molar-refractivity contribution in [3.05, 3.63) is 70.8 Å². The van der Waals surface area contributed by atoms with Gasteiger partial charge in [-0.25, -0.2) is 0 Å². The Morgan fingerprint density at radius 1 is 0.500 bits per heavy atom. The molecule has 0 saturated heterocycles. The maximum Gasteiger partial charge on any atom is 0.0571 e. The van der Waals surface area contributed by atoms with Gasteiger partial charge >= 0.3 is 0 Å². The van der Waals surface area contributed by atoms with E-state index >= 15 is 0 Å². The number of hydrogen-bond donors (Lipinski definition) is 0. The number of benzene rings is 4. The summed E-state index contributed by atoms with van der Waals surface area (Å²) in [6.07, 6.45) is 0. The lowest BCUT2D eigenvalue weighted by atomic mass is 9.92. The van der Waals surface area contributed by atoms with Crippen LogP contribution in [0.5, 0.6) is 0 Å². The molecule has 5 aromatic rings. The van der Waals surface area contributed by atoms with Gasteiger partial charge in [0.25, 0.3) is 0 Å². The van der Waals surface area contributed by atoms with E-state index in [9.17, 15) is 0 Å². The molecule has 0 aliphatic rings. The third kappa shape index (κ3) is 1.71. The molecular formula is C25H23N. The van der Waals surface area contributed by atoms with Gasteiger partial charge < -0.3 is 4.57 Å². The van der Waals surface area contributed by atoms with Crippen LogP contribution in [0.25, 0.3) is 43.4 Å². The Morgan fingerprint density at radius 3 is 1.65 bits per heavy atom. The molecule has 0 saturated carbocycles. The number of aryl methyl sites for hydroxylation is 5. The second-order valence-corrected chi connectivity index (χ2v) is 7.60. The summed E-state index contributed by atoms with van der Waals surface area (Å²) in [7, 11) is 2.23. The lowest BCUT2D eigenvalue weighted by Crippen LogP contribution is -1.94. The molecule has 26 heavy (non-hydrogen) atoms. The fourth-order valence-corrected chi connectivity index (χ4v) is 4.88. The lowest BCUT2D eigenvalue weighted by Gasteiger charge is -2.11. The normalized spacial score (nSPS) is 12.0. The van der Waals surface area contributed by atoms with Crippen LogP contribution in [0.1, 0.15) is 22.3 Å². The van der Waals surface area contributed by atoms with Gasteiger partial charge in [0, 0.05) is 23.2 Å². The maximum absolute atomic E-state index is 2.42. The van der Waals surface area contributed by atoms with Gasteiger partial charge in [0.05, 0.1) is 11.0 Å². The van der Waals surface area contributed by atoms with E-state index < -0.39 is 0 Å². The number of nitrogens with zero attached hydrogens (tertiary/aromatic N) is 1. The van der Waals surface area contributed by atoms with Gasteiger partial charge in [0.2, 0.25) is 0 Å². The number of hydrogen-bond acceptors (Lipinski definition) is 0. The third-order valence-corrected chi connectivity index (χ3v) is 6.44. The minimum absolute atomic E-state index is 1.35. The van der Waals surface area contributed by atoms with E-state index in [-0.39, 0.29) is 0 Å².